The molecule has 1 aromatic rings. The summed E-state index contributed by atoms with van der Waals surface area (Å²) in [6.45, 7) is 3.93. The number of benzene rings is 1. The highest BCUT2D eigenvalue weighted by molar-refractivity contribution is 5.74. The molecule has 0 fully saturated rings. The molecular formula is C13H15NO3. The third-order valence-electron chi connectivity index (χ3n) is 2.40. The van der Waals surface area contributed by atoms with E-state index in [2.05, 4.69) is 6.07 Å². The highest BCUT2D eigenvalue weighted by Gasteiger charge is 2.14. The van der Waals surface area contributed by atoms with Gasteiger partial charge in [-0.15, -0.1) is 0 Å². The van der Waals surface area contributed by atoms with Crippen LogP contribution in [0, 0.1) is 18.3 Å². The number of methoxy groups -OCH3 is 1. The van der Waals surface area contributed by atoms with Gasteiger partial charge in [0.25, 0.3) is 0 Å². The molecule has 0 heterocycles. The number of carbonyl (C=O) groups excluding carboxylic acids is 1. The van der Waals surface area contributed by atoms with Gasteiger partial charge in [-0.25, -0.2) is 0 Å². The first-order valence-corrected chi connectivity index (χ1v) is 5.36. The van der Waals surface area contributed by atoms with Gasteiger partial charge in [0.05, 0.1) is 25.7 Å². The molecule has 0 N–H and O–H groups in total. The number of esters is 1. The van der Waals surface area contributed by atoms with Crippen molar-refractivity contribution in [1.82, 2.24) is 0 Å². The number of hydrogen-bond acceptors (Lipinski definition) is 4. The number of rotatable bonds is 4. The molecule has 0 unspecified atom stereocenters. The third-order valence-corrected chi connectivity index (χ3v) is 2.40. The van der Waals surface area contributed by atoms with Crippen LogP contribution in [0.4, 0.5) is 0 Å². The summed E-state index contributed by atoms with van der Waals surface area (Å²) in [5.41, 5.74) is 1.97. The minimum Gasteiger partial charge on any atom is -0.495 e. The van der Waals surface area contributed by atoms with Crippen LogP contribution < -0.4 is 4.74 Å². The maximum atomic E-state index is 11.4. The van der Waals surface area contributed by atoms with Crippen molar-refractivity contribution in [2.45, 2.75) is 20.3 Å². The van der Waals surface area contributed by atoms with Crippen molar-refractivity contribution < 1.29 is 14.3 Å². The van der Waals surface area contributed by atoms with E-state index in [1.54, 1.807) is 19.1 Å². The van der Waals surface area contributed by atoms with Crippen LogP contribution >= 0.6 is 0 Å². The van der Waals surface area contributed by atoms with E-state index in [4.69, 9.17) is 14.7 Å². The molecule has 0 radical (unpaired) electrons. The molecule has 0 aliphatic heterocycles. The van der Waals surface area contributed by atoms with Crippen LogP contribution in [-0.4, -0.2) is 19.7 Å². The zero-order chi connectivity index (χ0) is 12.8. The van der Waals surface area contributed by atoms with E-state index >= 15 is 0 Å². The lowest BCUT2D eigenvalue weighted by atomic mass is 10.0. The minimum absolute atomic E-state index is 0.117. The average molecular weight is 233 g/mol. The minimum atomic E-state index is -0.321. The van der Waals surface area contributed by atoms with Gasteiger partial charge in [-0.3, -0.25) is 4.79 Å². The van der Waals surface area contributed by atoms with Gasteiger partial charge in [0.1, 0.15) is 11.8 Å². The summed E-state index contributed by atoms with van der Waals surface area (Å²) in [6, 6.07) is 5.67. The van der Waals surface area contributed by atoms with Gasteiger partial charge in [0.15, 0.2) is 0 Å². The zero-order valence-electron chi connectivity index (χ0n) is 10.2. The van der Waals surface area contributed by atoms with Crippen molar-refractivity contribution in [2.24, 2.45) is 0 Å². The molecule has 4 heteroatoms. The van der Waals surface area contributed by atoms with Gasteiger partial charge in [-0.05, 0) is 19.4 Å². The second-order valence-electron chi connectivity index (χ2n) is 3.54. The number of nitriles is 1. The Morgan fingerprint density at radius 3 is 2.71 bits per heavy atom. The van der Waals surface area contributed by atoms with Crippen molar-refractivity contribution in [3.05, 3.63) is 28.8 Å². The smallest absolute Gasteiger partial charge is 0.310 e. The molecule has 1 aromatic carbocycles. The second kappa shape index (κ2) is 5.90. The molecule has 0 aromatic heterocycles. The molecule has 0 bridgehead atoms. The fraction of sp³-hybridized carbons (Fsp3) is 0.385. The standard InChI is InChI=1S/C13H15NO3/c1-4-17-12(15)7-10-6-5-9(2)11(8-14)13(10)16-3/h5-6H,4,7H2,1-3H3. The quantitative estimate of drug-likeness (QED) is 0.746. The summed E-state index contributed by atoms with van der Waals surface area (Å²) in [4.78, 5) is 11.4. The number of ether oxygens (including phenoxy) is 2. The number of aryl methyl sites for hydroxylation is 1. The molecule has 90 valence electrons. The van der Waals surface area contributed by atoms with Crippen LogP contribution in [0.15, 0.2) is 12.1 Å². The van der Waals surface area contributed by atoms with Crippen molar-refractivity contribution in [1.29, 1.82) is 5.26 Å². The van der Waals surface area contributed by atoms with Crippen molar-refractivity contribution >= 4 is 5.97 Å². The molecule has 0 spiro atoms. The molecule has 0 amide bonds. The Kier molecular flexibility index (Phi) is 4.53. The summed E-state index contributed by atoms with van der Waals surface area (Å²) in [5, 5.41) is 9.05. The topological polar surface area (TPSA) is 59.3 Å². The third kappa shape index (κ3) is 2.97. The van der Waals surface area contributed by atoms with E-state index in [-0.39, 0.29) is 12.4 Å². The molecular weight excluding hydrogens is 218 g/mol. The van der Waals surface area contributed by atoms with Crippen LogP contribution in [0.1, 0.15) is 23.6 Å². The maximum absolute atomic E-state index is 11.4. The summed E-state index contributed by atoms with van der Waals surface area (Å²) in [7, 11) is 1.49. The van der Waals surface area contributed by atoms with Gasteiger partial charge in [0.2, 0.25) is 0 Å². The molecule has 0 aliphatic rings. The highest BCUT2D eigenvalue weighted by Crippen LogP contribution is 2.26. The zero-order valence-corrected chi connectivity index (χ0v) is 10.2. The van der Waals surface area contributed by atoms with Crippen LogP contribution in [0.2, 0.25) is 0 Å². The second-order valence-corrected chi connectivity index (χ2v) is 3.54. The summed E-state index contributed by atoms with van der Waals surface area (Å²) in [6.07, 6.45) is 0.117. The van der Waals surface area contributed by atoms with E-state index in [0.29, 0.717) is 23.5 Å². The first-order chi connectivity index (χ1) is 8.13. The predicted octanol–water partition coefficient (Wildman–Crippen LogP) is 1.98. The van der Waals surface area contributed by atoms with Crippen LogP contribution in [-0.2, 0) is 16.0 Å². The first-order valence-electron chi connectivity index (χ1n) is 5.36. The van der Waals surface area contributed by atoms with Crippen LogP contribution in [0.25, 0.3) is 0 Å². The van der Waals surface area contributed by atoms with Crippen LogP contribution in [0.5, 0.6) is 5.75 Å². The Bertz CT molecular complexity index is 460. The molecule has 0 atom stereocenters. The Balaban J connectivity index is 3.09. The van der Waals surface area contributed by atoms with Crippen molar-refractivity contribution in [2.75, 3.05) is 13.7 Å². The Morgan fingerprint density at radius 1 is 1.47 bits per heavy atom. The summed E-state index contributed by atoms with van der Waals surface area (Å²) < 4.78 is 10.1. The summed E-state index contributed by atoms with van der Waals surface area (Å²) >= 11 is 0. The van der Waals surface area contributed by atoms with E-state index in [1.165, 1.54) is 7.11 Å². The highest BCUT2D eigenvalue weighted by atomic mass is 16.5. The van der Waals surface area contributed by atoms with Gasteiger partial charge >= 0.3 is 5.97 Å². The average Bonchev–Trinajstić information content (AvgIpc) is 2.31. The lowest BCUT2D eigenvalue weighted by Gasteiger charge is -2.11. The fourth-order valence-electron chi connectivity index (χ4n) is 1.60. The fourth-order valence-corrected chi connectivity index (χ4v) is 1.60. The maximum Gasteiger partial charge on any atom is 0.310 e. The van der Waals surface area contributed by atoms with Crippen LogP contribution in [0.3, 0.4) is 0 Å². The molecule has 17 heavy (non-hydrogen) atoms. The van der Waals surface area contributed by atoms with E-state index < -0.39 is 0 Å². The number of carbonyl (C=O) groups is 1. The molecule has 4 nitrogen and oxygen atoms in total. The molecule has 1 rings (SSSR count). The largest absolute Gasteiger partial charge is 0.495 e. The van der Waals surface area contributed by atoms with Gasteiger partial charge in [0, 0.05) is 5.56 Å². The Labute approximate surface area is 101 Å². The monoisotopic (exact) mass is 233 g/mol. The Morgan fingerprint density at radius 2 is 2.18 bits per heavy atom. The van der Waals surface area contributed by atoms with E-state index in [9.17, 15) is 4.79 Å². The molecule has 0 saturated carbocycles. The summed E-state index contributed by atoms with van der Waals surface area (Å²) in [5.74, 6) is 0.138. The lowest BCUT2D eigenvalue weighted by molar-refractivity contribution is -0.142. The van der Waals surface area contributed by atoms with E-state index in [0.717, 1.165) is 5.56 Å². The molecule has 0 aliphatic carbocycles. The van der Waals surface area contributed by atoms with Gasteiger partial charge in [-0.1, -0.05) is 12.1 Å². The predicted molar refractivity (Wildman–Crippen MR) is 62.8 cm³/mol. The molecule has 0 saturated heterocycles. The van der Waals surface area contributed by atoms with Gasteiger partial charge < -0.3 is 9.47 Å². The van der Waals surface area contributed by atoms with E-state index in [1.807, 2.05) is 6.92 Å². The first kappa shape index (κ1) is 13.0. The number of hydrogen-bond donors (Lipinski definition) is 0. The normalized spacial score (nSPS) is 9.53. The van der Waals surface area contributed by atoms with Crippen molar-refractivity contribution in [3.63, 3.8) is 0 Å². The van der Waals surface area contributed by atoms with Gasteiger partial charge in [-0.2, -0.15) is 5.26 Å². The SMILES string of the molecule is CCOC(=O)Cc1ccc(C)c(C#N)c1OC. The van der Waals surface area contributed by atoms with Crippen molar-refractivity contribution in [3.8, 4) is 11.8 Å². The Hall–Kier alpha value is -2.02. The number of nitrogens with zero attached hydrogens (tertiary/aromatic N) is 1. The lowest BCUT2D eigenvalue weighted by Crippen LogP contribution is -2.09.